The van der Waals surface area contributed by atoms with Crippen LogP contribution in [0.4, 0.5) is 0 Å². The standard InChI is InChI=1S/C15H21N3O/c19-14(9-12-3-1-7-16-11-12)18-13-4-8-17-15(10-13)5-2-6-15/h1,3,7,11,13,17H,2,4-6,8-10H2,(H,18,19). The Morgan fingerprint density at radius 3 is 3.11 bits per heavy atom. The van der Waals surface area contributed by atoms with Crippen molar-refractivity contribution in [3.8, 4) is 0 Å². The lowest BCUT2D eigenvalue weighted by Gasteiger charge is -2.48. The largest absolute Gasteiger partial charge is 0.353 e. The molecule has 1 aromatic heterocycles. The van der Waals surface area contributed by atoms with Crippen molar-refractivity contribution >= 4 is 5.91 Å². The zero-order valence-electron chi connectivity index (χ0n) is 11.2. The van der Waals surface area contributed by atoms with Gasteiger partial charge in [0.05, 0.1) is 6.42 Å². The Balaban J connectivity index is 1.52. The number of carbonyl (C=O) groups excluding carboxylic acids is 1. The molecule has 1 aliphatic carbocycles. The number of nitrogens with one attached hydrogen (secondary N) is 2. The molecule has 3 rings (SSSR count). The van der Waals surface area contributed by atoms with Gasteiger partial charge in [0.15, 0.2) is 0 Å². The Morgan fingerprint density at radius 1 is 1.53 bits per heavy atom. The summed E-state index contributed by atoms with van der Waals surface area (Å²) in [6.45, 7) is 1.03. The minimum absolute atomic E-state index is 0.120. The highest BCUT2D eigenvalue weighted by atomic mass is 16.1. The van der Waals surface area contributed by atoms with Gasteiger partial charge in [-0.1, -0.05) is 6.07 Å². The van der Waals surface area contributed by atoms with E-state index in [0.717, 1.165) is 24.9 Å². The summed E-state index contributed by atoms with van der Waals surface area (Å²) in [4.78, 5) is 16.1. The number of piperidine rings is 1. The van der Waals surface area contributed by atoms with Gasteiger partial charge >= 0.3 is 0 Å². The monoisotopic (exact) mass is 259 g/mol. The van der Waals surface area contributed by atoms with Crippen LogP contribution in [0.2, 0.25) is 0 Å². The normalized spacial score (nSPS) is 24.7. The lowest BCUT2D eigenvalue weighted by Crippen LogP contribution is -2.59. The van der Waals surface area contributed by atoms with Crippen LogP contribution in [0.15, 0.2) is 24.5 Å². The van der Waals surface area contributed by atoms with E-state index in [2.05, 4.69) is 15.6 Å². The van der Waals surface area contributed by atoms with Gasteiger partial charge in [-0.05, 0) is 50.3 Å². The number of rotatable bonds is 3. The number of pyridine rings is 1. The van der Waals surface area contributed by atoms with Crippen LogP contribution in [0, 0.1) is 0 Å². The van der Waals surface area contributed by atoms with Gasteiger partial charge in [-0.15, -0.1) is 0 Å². The summed E-state index contributed by atoms with van der Waals surface area (Å²) in [5.74, 6) is 0.120. The van der Waals surface area contributed by atoms with Crippen molar-refractivity contribution in [3.05, 3.63) is 30.1 Å². The second-order valence-electron chi connectivity index (χ2n) is 5.86. The topological polar surface area (TPSA) is 54.0 Å². The van der Waals surface area contributed by atoms with Gasteiger partial charge in [0.25, 0.3) is 0 Å². The first-order valence-electron chi connectivity index (χ1n) is 7.19. The number of amides is 1. The predicted octanol–water partition coefficient (Wildman–Crippen LogP) is 1.41. The minimum atomic E-state index is 0.120. The van der Waals surface area contributed by atoms with Crippen LogP contribution in [-0.4, -0.2) is 29.0 Å². The second-order valence-corrected chi connectivity index (χ2v) is 5.86. The molecule has 2 N–H and O–H groups in total. The van der Waals surface area contributed by atoms with Crippen molar-refractivity contribution < 1.29 is 4.79 Å². The summed E-state index contributed by atoms with van der Waals surface area (Å²) in [5, 5.41) is 6.81. The number of carbonyl (C=O) groups is 1. The average molecular weight is 259 g/mol. The molecule has 2 aliphatic rings. The van der Waals surface area contributed by atoms with Crippen molar-refractivity contribution in [2.24, 2.45) is 0 Å². The molecule has 1 atom stereocenters. The van der Waals surface area contributed by atoms with Gasteiger partial charge in [-0.25, -0.2) is 0 Å². The molecule has 0 radical (unpaired) electrons. The summed E-state index contributed by atoms with van der Waals surface area (Å²) < 4.78 is 0. The van der Waals surface area contributed by atoms with E-state index in [9.17, 15) is 4.79 Å². The van der Waals surface area contributed by atoms with Gasteiger partial charge in [-0.3, -0.25) is 9.78 Å². The van der Waals surface area contributed by atoms with Gasteiger partial charge in [-0.2, -0.15) is 0 Å². The molecule has 2 heterocycles. The van der Waals surface area contributed by atoms with Crippen molar-refractivity contribution in [1.82, 2.24) is 15.6 Å². The fraction of sp³-hybridized carbons (Fsp3) is 0.600. The average Bonchev–Trinajstić information content (AvgIpc) is 2.38. The van der Waals surface area contributed by atoms with Crippen molar-refractivity contribution in [2.75, 3.05) is 6.54 Å². The Bertz CT molecular complexity index is 442. The first-order chi connectivity index (χ1) is 9.26. The van der Waals surface area contributed by atoms with Gasteiger partial charge in [0.2, 0.25) is 5.91 Å². The predicted molar refractivity (Wildman–Crippen MR) is 73.7 cm³/mol. The molecule has 2 fully saturated rings. The molecule has 1 aliphatic heterocycles. The lowest BCUT2D eigenvalue weighted by atomic mass is 9.70. The molecule has 0 bridgehead atoms. The molecule has 1 aromatic rings. The molecule has 102 valence electrons. The van der Waals surface area contributed by atoms with Crippen LogP contribution >= 0.6 is 0 Å². The van der Waals surface area contributed by atoms with Crippen LogP contribution in [0.5, 0.6) is 0 Å². The fourth-order valence-corrected chi connectivity index (χ4v) is 3.23. The third kappa shape index (κ3) is 2.95. The van der Waals surface area contributed by atoms with Crippen LogP contribution in [0.1, 0.15) is 37.7 Å². The summed E-state index contributed by atoms with van der Waals surface area (Å²) in [7, 11) is 0. The second kappa shape index (κ2) is 5.29. The first-order valence-corrected chi connectivity index (χ1v) is 7.19. The van der Waals surface area contributed by atoms with E-state index < -0.39 is 0 Å². The zero-order chi connectivity index (χ0) is 13.1. The Hall–Kier alpha value is -1.42. The van der Waals surface area contributed by atoms with E-state index in [4.69, 9.17) is 0 Å². The number of hydrogen-bond acceptors (Lipinski definition) is 3. The SMILES string of the molecule is O=C(Cc1cccnc1)NC1CCNC2(CCC2)C1. The quantitative estimate of drug-likeness (QED) is 0.863. The summed E-state index contributed by atoms with van der Waals surface area (Å²) in [6.07, 6.45) is 9.91. The van der Waals surface area contributed by atoms with Crippen molar-refractivity contribution in [1.29, 1.82) is 0 Å². The molecule has 4 nitrogen and oxygen atoms in total. The molecule has 1 amide bonds. The number of aromatic nitrogens is 1. The van der Waals surface area contributed by atoms with Crippen LogP contribution in [0.3, 0.4) is 0 Å². The lowest BCUT2D eigenvalue weighted by molar-refractivity contribution is -0.121. The van der Waals surface area contributed by atoms with Crippen molar-refractivity contribution in [3.63, 3.8) is 0 Å². The van der Waals surface area contributed by atoms with Gasteiger partial charge < -0.3 is 10.6 Å². The number of hydrogen-bond donors (Lipinski definition) is 2. The number of nitrogens with zero attached hydrogens (tertiary/aromatic N) is 1. The summed E-state index contributed by atoms with van der Waals surface area (Å²) in [6, 6.07) is 4.16. The molecule has 1 spiro atoms. The molecule has 1 saturated heterocycles. The van der Waals surface area contributed by atoms with Crippen LogP contribution < -0.4 is 10.6 Å². The molecule has 4 heteroatoms. The molecular weight excluding hydrogens is 238 g/mol. The highest BCUT2D eigenvalue weighted by molar-refractivity contribution is 5.78. The van der Waals surface area contributed by atoms with E-state index in [1.54, 1.807) is 12.4 Å². The van der Waals surface area contributed by atoms with Gasteiger partial charge in [0, 0.05) is 24.0 Å². The first kappa shape index (κ1) is 12.6. The molecule has 0 aromatic carbocycles. The summed E-state index contributed by atoms with van der Waals surface area (Å²) in [5.41, 5.74) is 1.32. The zero-order valence-corrected chi connectivity index (χ0v) is 11.2. The molecule has 19 heavy (non-hydrogen) atoms. The Kier molecular flexibility index (Phi) is 3.51. The summed E-state index contributed by atoms with van der Waals surface area (Å²) >= 11 is 0. The highest BCUT2D eigenvalue weighted by Crippen LogP contribution is 2.38. The molecule has 1 saturated carbocycles. The van der Waals surface area contributed by atoms with E-state index in [1.165, 1.54) is 19.3 Å². The van der Waals surface area contributed by atoms with Crippen molar-refractivity contribution in [2.45, 2.75) is 50.1 Å². The maximum absolute atomic E-state index is 12.0. The maximum atomic E-state index is 12.0. The highest BCUT2D eigenvalue weighted by Gasteiger charge is 2.41. The Labute approximate surface area is 114 Å². The molecule has 1 unspecified atom stereocenters. The van der Waals surface area contributed by atoms with Gasteiger partial charge in [0.1, 0.15) is 0 Å². The third-order valence-electron chi connectivity index (χ3n) is 4.39. The van der Waals surface area contributed by atoms with E-state index in [0.29, 0.717) is 18.0 Å². The van der Waals surface area contributed by atoms with E-state index in [1.807, 2.05) is 12.1 Å². The minimum Gasteiger partial charge on any atom is -0.353 e. The molecular formula is C15H21N3O. The van der Waals surface area contributed by atoms with Crippen LogP contribution in [-0.2, 0) is 11.2 Å². The van der Waals surface area contributed by atoms with E-state index >= 15 is 0 Å². The Morgan fingerprint density at radius 2 is 2.42 bits per heavy atom. The van der Waals surface area contributed by atoms with E-state index in [-0.39, 0.29) is 5.91 Å². The van der Waals surface area contributed by atoms with Crippen LogP contribution in [0.25, 0.3) is 0 Å². The fourth-order valence-electron chi connectivity index (χ4n) is 3.23. The third-order valence-corrected chi connectivity index (χ3v) is 4.39. The maximum Gasteiger partial charge on any atom is 0.224 e. The smallest absolute Gasteiger partial charge is 0.224 e.